The van der Waals surface area contributed by atoms with Crippen LogP contribution in [0.3, 0.4) is 0 Å². The van der Waals surface area contributed by atoms with Crippen molar-refractivity contribution in [2.45, 2.75) is 44.6 Å². The summed E-state index contributed by atoms with van der Waals surface area (Å²) in [6, 6.07) is 0.244. The lowest BCUT2D eigenvalue weighted by Crippen LogP contribution is -2.53. The van der Waals surface area contributed by atoms with Gasteiger partial charge in [0.15, 0.2) is 0 Å². The predicted octanol–water partition coefficient (Wildman–Crippen LogP) is 1.29. The number of hydrogen-bond acceptors (Lipinski definition) is 3. The van der Waals surface area contributed by atoms with Crippen molar-refractivity contribution >= 4 is 24.3 Å². The number of urea groups is 1. The number of likely N-dealkylation sites (tertiary alicyclic amines) is 3. The fourth-order valence-electron chi connectivity index (χ4n) is 3.93. The van der Waals surface area contributed by atoms with Crippen LogP contribution in [0.4, 0.5) is 4.79 Å². The summed E-state index contributed by atoms with van der Waals surface area (Å²) in [6.45, 7) is 4.61. The molecule has 0 aromatic heterocycles. The molecule has 0 aromatic carbocycles. The summed E-state index contributed by atoms with van der Waals surface area (Å²) >= 11 is 0. The summed E-state index contributed by atoms with van der Waals surface area (Å²) in [5, 5.41) is 0. The fraction of sp³-hybridized carbons (Fsp3) is 0.875. The first-order chi connectivity index (χ1) is 10.6. The molecule has 0 aromatic rings. The van der Waals surface area contributed by atoms with Gasteiger partial charge in [-0.3, -0.25) is 4.79 Å². The van der Waals surface area contributed by atoms with Gasteiger partial charge in [-0.1, -0.05) is 0 Å². The lowest BCUT2D eigenvalue weighted by Gasteiger charge is -2.38. The third-order valence-corrected chi connectivity index (χ3v) is 5.19. The molecule has 2 unspecified atom stereocenters. The number of rotatable bonds is 1. The second kappa shape index (κ2) is 8.20. The lowest BCUT2D eigenvalue weighted by atomic mass is 9.95. The van der Waals surface area contributed by atoms with Crippen molar-refractivity contribution in [2.24, 2.45) is 11.7 Å². The molecule has 3 amide bonds. The number of nitrogens with zero attached hydrogens (tertiary/aromatic N) is 3. The predicted molar refractivity (Wildman–Crippen MR) is 91.5 cm³/mol. The van der Waals surface area contributed by atoms with Gasteiger partial charge in [-0.25, -0.2) is 4.79 Å². The smallest absolute Gasteiger partial charge is 0.320 e. The zero-order chi connectivity index (χ0) is 15.5. The highest BCUT2D eigenvalue weighted by molar-refractivity contribution is 5.85. The van der Waals surface area contributed by atoms with E-state index in [9.17, 15) is 9.59 Å². The number of carbonyl (C=O) groups is 2. The van der Waals surface area contributed by atoms with E-state index < -0.39 is 0 Å². The summed E-state index contributed by atoms with van der Waals surface area (Å²) in [5.41, 5.74) is 5.99. The van der Waals surface area contributed by atoms with Crippen LogP contribution in [0.5, 0.6) is 0 Å². The van der Waals surface area contributed by atoms with Crippen LogP contribution in [0.1, 0.15) is 38.5 Å². The van der Waals surface area contributed by atoms with Crippen LogP contribution in [-0.4, -0.2) is 71.9 Å². The molecular weight excluding hydrogens is 316 g/mol. The van der Waals surface area contributed by atoms with Crippen LogP contribution in [-0.2, 0) is 4.79 Å². The SMILES string of the molecule is Cl.NC1CCCN(C(=O)C2CCCN(C(=O)N3CCCC3)C2)C1. The quantitative estimate of drug-likeness (QED) is 0.779. The summed E-state index contributed by atoms with van der Waals surface area (Å²) in [4.78, 5) is 31.0. The maximum absolute atomic E-state index is 12.7. The van der Waals surface area contributed by atoms with Gasteiger partial charge in [-0.2, -0.15) is 0 Å². The van der Waals surface area contributed by atoms with Gasteiger partial charge in [0.25, 0.3) is 0 Å². The molecule has 3 aliphatic rings. The van der Waals surface area contributed by atoms with Gasteiger partial charge >= 0.3 is 6.03 Å². The minimum atomic E-state index is -0.0365. The Morgan fingerprint density at radius 2 is 1.39 bits per heavy atom. The van der Waals surface area contributed by atoms with Gasteiger partial charge in [0.05, 0.1) is 5.92 Å². The van der Waals surface area contributed by atoms with E-state index in [1.54, 1.807) is 0 Å². The molecule has 3 rings (SSSR count). The van der Waals surface area contributed by atoms with Crippen LogP contribution in [0, 0.1) is 5.92 Å². The van der Waals surface area contributed by atoms with Gasteiger partial charge in [0.2, 0.25) is 5.91 Å². The number of nitrogens with two attached hydrogens (primary N) is 1. The summed E-state index contributed by atoms with van der Waals surface area (Å²) in [5.74, 6) is 0.166. The maximum atomic E-state index is 12.7. The minimum absolute atomic E-state index is 0. The molecule has 0 bridgehead atoms. The number of amides is 3. The molecule has 0 saturated carbocycles. The topological polar surface area (TPSA) is 69.9 Å². The van der Waals surface area contributed by atoms with Gasteiger partial charge in [-0.05, 0) is 38.5 Å². The van der Waals surface area contributed by atoms with Gasteiger partial charge < -0.3 is 20.4 Å². The Balaban J connectivity index is 0.00000192. The van der Waals surface area contributed by atoms with Crippen molar-refractivity contribution in [1.29, 1.82) is 0 Å². The van der Waals surface area contributed by atoms with Crippen LogP contribution in [0.2, 0.25) is 0 Å². The third kappa shape index (κ3) is 4.29. The van der Waals surface area contributed by atoms with E-state index in [-0.39, 0.29) is 36.3 Å². The van der Waals surface area contributed by atoms with Crippen molar-refractivity contribution in [1.82, 2.24) is 14.7 Å². The highest BCUT2D eigenvalue weighted by atomic mass is 35.5. The fourth-order valence-corrected chi connectivity index (χ4v) is 3.93. The number of piperidine rings is 2. The van der Waals surface area contributed by atoms with E-state index >= 15 is 0 Å². The molecule has 0 aliphatic carbocycles. The number of halogens is 1. The summed E-state index contributed by atoms with van der Waals surface area (Å²) in [6.07, 6.45) is 6.04. The van der Waals surface area contributed by atoms with Crippen molar-refractivity contribution in [3.63, 3.8) is 0 Å². The molecule has 7 heteroatoms. The Morgan fingerprint density at radius 1 is 0.783 bits per heavy atom. The van der Waals surface area contributed by atoms with Crippen molar-refractivity contribution in [3.05, 3.63) is 0 Å². The van der Waals surface area contributed by atoms with Gasteiger partial charge in [0, 0.05) is 45.3 Å². The van der Waals surface area contributed by atoms with E-state index in [1.165, 1.54) is 0 Å². The highest BCUT2D eigenvalue weighted by Crippen LogP contribution is 2.23. The molecule has 2 N–H and O–H groups in total. The summed E-state index contributed by atoms with van der Waals surface area (Å²) in [7, 11) is 0. The molecule has 23 heavy (non-hydrogen) atoms. The second-order valence-corrected chi connectivity index (χ2v) is 6.95. The Labute approximate surface area is 144 Å². The highest BCUT2D eigenvalue weighted by Gasteiger charge is 2.34. The summed E-state index contributed by atoms with van der Waals surface area (Å²) < 4.78 is 0. The zero-order valence-electron chi connectivity index (χ0n) is 13.8. The van der Waals surface area contributed by atoms with Crippen molar-refractivity contribution in [3.8, 4) is 0 Å². The van der Waals surface area contributed by atoms with Crippen molar-refractivity contribution < 1.29 is 9.59 Å². The van der Waals surface area contributed by atoms with E-state index in [0.717, 1.165) is 64.7 Å². The van der Waals surface area contributed by atoms with Crippen LogP contribution in [0.25, 0.3) is 0 Å². The second-order valence-electron chi connectivity index (χ2n) is 6.95. The number of hydrogen-bond donors (Lipinski definition) is 1. The Bertz CT molecular complexity index is 428. The van der Waals surface area contributed by atoms with Crippen LogP contribution in [0.15, 0.2) is 0 Å². The van der Waals surface area contributed by atoms with E-state index in [4.69, 9.17) is 5.73 Å². The van der Waals surface area contributed by atoms with E-state index in [2.05, 4.69) is 0 Å². The molecular formula is C16H29ClN4O2. The first-order valence-electron chi connectivity index (χ1n) is 8.73. The maximum Gasteiger partial charge on any atom is 0.320 e. The Kier molecular flexibility index (Phi) is 6.53. The molecule has 132 valence electrons. The Morgan fingerprint density at radius 3 is 2.09 bits per heavy atom. The molecule has 2 atom stereocenters. The molecule has 3 aliphatic heterocycles. The lowest BCUT2D eigenvalue weighted by molar-refractivity contribution is -0.138. The van der Waals surface area contributed by atoms with E-state index in [0.29, 0.717) is 13.1 Å². The first-order valence-corrected chi connectivity index (χ1v) is 8.73. The average Bonchev–Trinajstić information content (AvgIpc) is 3.08. The van der Waals surface area contributed by atoms with Gasteiger partial charge in [-0.15, -0.1) is 12.4 Å². The number of carbonyl (C=O) groups excluding carboxylic acids is 2. The Hall–Kier alpha value is -1.01. The molecule has 3 heterocycles. The monoisotopic (exact) mass is 344 g/mol. The normalized spacial score (nSPS) is 28.5. The van der Waals surface area contributed by atoms with Crippen molar-refractivity contribution in [2.75, 3.05) is 39.3 Å². The molecule has 3 saturated heterocycles. The molecule has 0 radical (unpaired) electrons. The largest absolute Gasteiger partial charge is 0.341 e. The first kappa shape index (κ1) is 18.3. The third-order valence-electron chi connectivity index (χ3n) is 5.19. The van der Waals surface area contributed by atoms with Crippen LogP contribution >= 0.6 is 12.4 Å². The average molecular weight is 345 g/mol. The van der Waals surface area contributed by atoms with Crippen LogP contribution < -0.4 is 5.73 Å². The molecule has 3 fully saturated rings. The standard InChI is InChI=1S/C16H28N4O2.ClH/c17-14-6-4-9-19(12-14)15(21)13-5-3-10-20(11-13)16(22)18-7-1-2-8-18;/h13-14H,1-12,17H2;1H. The molecule has 6 nitrogen and oxygen atoms in total. The molecule has 0 spiro atoms. The minimum Gasteiger partial charge on any atom is -0.341 e. The van der Waals surface area contributed by atoms with Gasteiger partial charge in [0.1, 0.15) is 0 Å². The van der Waals surface area contributed by atoms with E-state index in [1.807, 2.05) is 14.7 Å². The zero-order valence-corrected chi connectivity index (χ0v) is 14.6.